The van der Waals surface area contributed by atoms with E-state index >= 15 is 0 Å². The van der Waals surface area contributed by atoms with Crippen molar-refractivity contribution in [3.63, 3.8) is 0 Å². The van der Waals surface area contributed by atoms with E-state index < -0.39 is 8.07 Å². The monoisotopic (exact) mass is 819 g/mol. The maximum atomic E-state index is 5.35. The van der Waals surface area contributed by atoms with Gasteiger partial charge < -0.3 is 0 Å². The largest absolute Gasteiger partial charge is 0.248 e. The van der Waals surface area contributed by atoms with Crippen LogP contribution in [0.5, 0.6) is 0 Å². The highest BCUT2D eigenvalue weighted by molar-refractivity contribution is 7.04. The van der Waals surface area contributed by atoms with Crippen molar-refractivity contribution in [1.82, 2.24) is 4.98 Å². The molecular weight excluding hydrogens is 775 g/mol. The molecule has 0 saturated carbocycles. The number of rotatable bonds is 8. The van der Waals surface area contributed by atoms with Crippen molar-refractivity contribution >= 4 is 18.4 Å². The summed E-state index contributed by atoms with van der Waals surface area (Å²) < 4.78 is 0. The van der Waals surface area contributed by atoms with E-state index in [1.165, 1.54) is 71.9 Å². The Hall–Kier alpha value is -7.65. The molecule has 10 aromatic rings. The van der Waals surface area contributed by atoms with E-state index in [0.29, 0.717) is 0 Å². The summed E-state index contributed by atoms with van der Waals surface area (Å²) in [7, 11) is -1.86. The van der Waals surface area contributed by atoms with E-state index in [9.17, 15) is 0 Å². The minimum absolute atomic E-state index is 0.941. The molecule has 1 aliphatic rings. The highest BCUT2D eigenvalue weighted by Crippen LogP contribution is 2.37. The second-order valence-electron chi connectivity index (χ2n) is 17.2. The Morgan fingerprint density at radius 3 is 1.22 bits per heavy atom. The summed E-state index contributed by atoms with van der Waals surface area (Å²) in [5, 5.41) is 3.08. The average molecular weight is 820 g/mol. The van der Waals surface area contributed by atoms with Crippen LogP contribution in [-0.2, 0) is 0 Å². The number of fused-ring (bicyclic) bond motifs is 3. The third-order valence-corrected chi connectivity index (χ3v) is 16.4. The van der Waals surface area contributed by atoms with Crippen molar-refractivity contribution < 1.29 is 0 Å². The predicted molar refractivity (Wildman–Crippen MR) is 270 cm³/mol. The molecule has 63 heavy (non-hydrogen) atoms. The molecule has 0 atom stereocenters. The summed E-state index contributed by atoms with van der Waals surface area (Å²) >= 11 is 0. The van der Waals surface area contributed by atoms with Crippen LogP contribution < -0.4 is 10.4 Å². The number of pyridine rings is 1. The van der Waals surface area contributed by atoms with Crippen molar-refractivity contribution in [1.29, 1.82) is 0 Å². The van der Waals surface area contributed by atoms with Crippen molar-refractivity contribution in [3.05, 3.63) is 237 Å². The van der Waals surface area contributed by atoms with Crippen molar-refractivity contribution in [2.24, 2.45) is 0 Å². The molecule has 11 rings (SSSR count). The third kappa shape index (κ3) is 7.25. The van der Waals surface area contributed by atoms with E-state index in [-0.39, 0.29) is 0 Å². The zero-order chi connectivity index (χ0) is 42.3. The second kappa shape index (κ2) is 16.0. The molecule has 0 bridgehead atoms. The van der Waals surface area contributed by atoms with Crippen molar-refractivity contribution in [3.8, 4) is 100 Å². The van der Waals surface area contributed by atoms with Gasteiger partial charge >= 0.3 is 0 Å². The summed E-state index contributed by atoms with van der Waals surface area (Å²) in [6.07, 6.45) is 0. The molecule has 1 aromatic heterocycles. The zero-order valence-electron chi connectivity index (χ0n) is 35.5. The van der Waals surface area contributed by atoms with E-state index in [4.69, 9.17) is 4.98 Å². The highest BCUT2D eigenvalue weighted by atomic mass is 28.3. The van der Waals surface area contributed by atoms with E-state index in [2.05, 4.69) is 250 Å². The fourth-order valence-electron chi connectivity index (χ4n) is 9.66. The summed E-state index contributed by atoms with van der Waals surface area (Å²) in [6.45, 7) is 5.00. The van der Waals surface area contributed by atoms with Gasteiger partial charge in [-0.05, 0) is 125 Å². The molecule has 0 amide bonds. The molecule has 0 saturated heterocycles. The SMILES string of the molecule is C[Si]1(C)c2ccccc2-c2cccc(-c3cccc(-c4cccc(-c5ccc(-c6cc(-c7cccc(-c8ccccc8)c7)cc(-c7cccc(-c8ccccc8)c7)n6)cc5)c4)c3)c21. The molecule has 1 aliphatic heterocycles. The van der Waals surface area contributed by atoms with Crippen molar-refractivity contribution in [2.75, 3.05) is 0 Å². The van der Waals surface area contributed by atoms with Crippen LogP contribution in [0.2, 0.25) is 13.1 Å². The maximum Gasteiger partial charge on any atom is 0.114 e. The first-order valence-electron chi connectivity index (χ1n) is 21.9. The van der Waals surface area contributed by atoms with Gasteiger partial charge in [0, 0.05) is 11.1 Å². The Morgan fingerprint density at radius 1 is 0.254 bits per heavy atom. The molecule has 2 heterocycles. The Balaban J connectivity index is 0.938. The second-order valence-corrected chi connectivity index (χ2v) is 21.4. The van der Waals surface area contributed by atoms with Gasteiger partial charge in [0.05, 0.1) is 11.4 Å². The van der Waals surface area contributed by atoms with E-state index in [0.717, 1.165) is 33.6 Å². The zero-order valence-corrected chi connectivity index (χ0v) is 36.5. The van der Waals surface area contributed by atoms with Crippen molar-refractivity contribution in [2.45, 2.75) is 13.1 Å². The minimum Gasteiger partial charge on any atom is -0.248 e. The van der Waals surface area contributed by atoms with Crippen LogP contribution in [0.4, 0.5) is 0 Å². The molecule has 298 valence electrons. The van der Waals surface area contributed by atoms with Gasteiger partial charge in [-0.2, -0.15) is 0 Å². The quantitative estimate of drug-likeness (QED) is 0.139. The molecule has 1 nitrogen and oxygen atoms in total. The van der Waals surface area contributed by atoms with Crippen LogP contribution in [0.25, 0.3) is 100 Å². The van der Waals surface area contributed by atoms with Crippen LogP contribution in [0, 0.1) is 0 Å². The molecule has 0 spiro atoms. The smallest absolute Gasteiger partial charge is 0.114 e. The lowest BCUT2D eigenvalue weighted by Gasteiger charge is -2.22. The van der Waals surface area contributed by atoms with Crippen LogP contribution in [0.15, 0.2) is 237 Å². The lowest BCUT2D eigenvalue weighted by atomic mass is 9.94. The Bertz CT molecular complexity index is 3190. The number of aromatic nitrogens is 1. The van der Waals surface area contributed by atoms with Crippen LogP contribution in [-0.4, -0.2) is 13.1 Å². The van der Waals surface area contributed by atoms with Gasteiger partial charge in [0.2, 0.25) is 0 Å². The van der Waals surface area contributed by atoms with Gasteiger partial charge in [-0.1, -0.05) is 213 Å². The topological polar surface area (TPSA) is 12.9 Å². The van der Waals surface area contributed by atoms with Gasteiger partial charge in [-0.3, -0.25) is 0 Å². The first-order chi connectivity index (χ1) is 31.0. The number of benzene rings is 9. The van der Waals surface area contributed by atoms with Crippen LogP contribution in [0.1, 0.15) is 0 Å². The minimum atomic E-state index is -1.86. The van der Waals surface area contributed by atoms with Gasteiger partial charge in [0.25, 0.3) is 0 Å². The van der Waals surface area contributed by atoms with E-state index in [1.54, 1.807) is 5.19 Å². The summed E-state index contributed by atoms with van der Waals surface area (Å²) in [5.74, 6) is 0. The van der Waals surface area contributed by atoms with Gasteiger partial charge in [-0.25, -0.2) is 4.98 Å². The number of hydrogen-bond acceptors (Lipinski definition) is 1. The molecular formula is C61H45NSi. The highest BCUT2D eigenvalue weighted by Gasteiger charge is 2.39. The number of hydrogen-bond donors (Lipinski definition) is 0. The Morgan fingerprint density at radius 2 is 0.619 bits per heavy atom. The third-order valence-electron chi connectivity index (χ3n) is 12.9. The first-order valence-corrected chi connectivity index (χ1v) is 24.9. The molecule has 9 aromatic carbocycles. The standard InChI is InChI=1S/C61H45NSi/c1-63(2)60-31-10-9-28-56(60)57-30-15-29-55(61(57)63)52-26-13-24-50(38-52)49-23-11-21-47(36-49)44-32-34-45(35-33-44)58-40-54(51-25-12-20-46(37-51)42-16-5-3-6-17-42)41-59(62-58)53-27-14-22-48(39-53)43-18-7-4-8-19-43/h3-41H,1-2H3. The molecule has 0 fully saturated rings. The lowest BCUT2D eigenvalue weighted by Crippen LogP contribution is -2.50. The maximum absolute atomic E-state index is 5.35. The summed E-state index contributed by atoms with van der Waals surface area (Å²) in [4.78, 5) is 5.35. The van der Waals surface area contributed by atoms with Gasteiger partial charge in [0.1, 0.15) is 8.07 Å². The average Bonchev–Trinajstić information content (AvgIpc) is 3.60. The lowest BCUT2D eigenvalue weighted by molar-refractivity contribution is 1.32. The summed E-state index contributed by atoms with van der Waals surface area (Å²) in [6, 6.07) is 86.1. The van der Waals surface area contributed by atoms with Gasteiger partial charge in [0.15, 0.2) is 0 Å². The number of nitrogens with zero attached hydrogens (tertiary/aromatic N) is 1. The Kier molecular flexibility index (Phi) is 9.72. The summed E-state index contributed by atoms with van der Waals surface area (Å²) in [5.41, 5.74) is 21.3. The Labute approximate surface area is 371 Å². The van der Waals surface area contributed by atoms with Crippen LogP contribution >= 0.6 is 0 Å². The van der Waals surface area contributed by atoms with E-state index in [1.807, 2.05) is 0 Å². The molecule has 0 radical (unpaired) electrons. The molecule has 2 heteroatoms. The molecule has 0 aliphatic carbocycles. The fourth-order valence-corrected chi connectivity index (χ4v) is 13.1. The fraction of sp³-hybridized carbons (Fsp3) is 0.0328. The normalized spacial score (nSPS) is 12.4. The molecule has 0 unspecified atom stereocenters. The predicted octanol–water partition coefficient (Wildman–Crippen LogP) is 15.2. The first kappa shape index (κ1) is 38.3. The molecule has 0 N–H and O–H groups in total. The van der Waals surface area contributed by atoms with Gasteiger partial charge in [-0.15, -0.1) is 0 Å². The van der Waals surface area contributed by atoms with Crippen LogP contribution in [0.3, 0.4) is 0 Å².